The summed E-state index contributed by atoms with van der Waals surface area (Å²) in [4.78, 5) is 23.0. The van der Waals surface area contributed by atoms with E-state index in [1.54, 1.807) is 12.1 Å². The summed E-state index contributed by atoms with van der Waals surface area (Å²) < 4.78 is 5.79. The van der Waals surface area contributed by atoms with E-state index in [9.17, 15) is 9.59 Å². The van der Waals surface area contributed by atoms with Gasteiger partial charge >= 0.3 is 5.97 Å². The minimum atomic E-state index is -1.08. The van der Waals surface area contributed by atoms with Crippen molar-refractivity contribution in [3.8, 4) is 0 Å². The number of carbonyl (C=O) groups excluding carboxylic acids is 1. The quantitative estimate of drug-likeness (QED) is 0.897. The van der Waals surface area contributed by atoms with E-state index in [4.69, 9.17) is 9.84 Å². The maximum absolute atomic E-state index is 11.9. The Labute approximate surface area is 112 Å². The highest BCUT2D eigenvalue weighted by atomic mass is 79.9. The van der Waals surface area contributed by atoms with Crippen LogP contribution in [0, 0.1) is 0 Å². The topological polar surface area (TPSA) is 75.6 Å². The first kappa shape index (κ1) is 13.0. The number of amides is 1. The number of carbonyl (C=O) groups is 2. The molecule has 1 aliphatic rings. The molecule has 0 aromatic heterocycles. The number of hydrogen-bond acceptors (Lipinski definition) is 3. The summed E-state index contributed by atoms with van der Waals surface area (Å²) in [5.41, 5.74) is 0.321. The lowest BCUT2D eigenvalue weighted by Crippen LogP contribution is -2.27. The molecule has 2 rings (SSSR count). The van der Waals surface area contributed by atoms with E-state index in [2.05, 4.69) is 21.2 Å². The third-order valence-electron chi connectivity index (χ3n) is 2.71. The van der Waals surface area contributed by atoms with Crippen molar-refractivity contribution in [2.75, 3.05) is 11.9 Å². The Morgan fingerprint density at radius 2 is 2.22 bits per heavy atom. The lowest BCUT2D eigenvalue weighted by atomic mass is 10.1. The molecule has 1 atom stereocenters. The number of aromatic carboxylic acids is 1. The molecule has 1 aromatic rings. The molecule has 1 aromatic carbocycles. The van der Waals surface area contributed by atoms with Crippen LogP contribution in [0.15, 0.2) is 22.7 Å². The fourth-order valence-corrected chi connectivity index (χ4v) is 2.28. The van der Waals surface area contributed by atoms with Crippen LogP contribution >= 0.6 is 15.9 Å². The molecule has 96 valence electrons. The maximum Gasteiger partial charge on any atom is 0.337 e. The maximum atomic E-state index is 11.9. The molecule has 0 saturated carbocycles. The van der Waals surface area contributed by atoms with Gasteiger partial charge in [-0.05, 0) is 40.9 Å². The predicted molar refractivity (Wildman–Crippen MR) is 68.7 cm³/mol. The van der Waals surface area contributed by atoms with Crippen molar-refractivity contribution in [3.63, 3.8) is 0 Å². The Balaban J connectivity index is 2.22. The second-order valence-corrected chi connectivity index (χ2v) is 4.81. The van der Waals surface area contributed by atoms with E-state index in [1.807, 2.05) is 0 Å². The number of anilines is 1. The van der Waals surface area contributed by atoms with Gasteiger partial charge in [-0.25, -0.2) is 4.79 Å². The van der Waals surface area contributed by atoms with E-state index in [0.29, 0.717) is 17.5 Å². The van der Waals surface area contributed by atoms with Gasteiger partial charge in [-0.1, -0.05) is 6.07 Å². The van der Waals surface area contributed by atoms with E-state index in [-0.39, 0.29) is 17.2 Å². The second-order valence-electron chi connectivity index (χ2n) is 3.96. The monoisotopic (exact) mass is 313 g/mol. The van der Waals surface area contributed by atoms with Crippen molar-refractivity contribution in [1.82, 2.24) is 0 Å². The van der Waals surface area contributed by atoms with Crippen LogP contribution < -0.4 is 5.32 Å². The van der Waals surface area contributed by atoms with Gasteiger partial charge in [0.1, 0.15) is 6.10 Å². The molecular formula is C12H12BrNO4. The summed E-state index contributed by atoms with van der Waals surface area (Å²) in [6.07, 6.45) is 1.03. The van der Waals surface area contributed by atoms with Gasteiger partial charge in [0, 0.05) is 11.1 Å². The number of carboxylic acids is 1. The summed E-state index contributed by atoms with van der Waals surface area (Å²) in [6, 6.07) is 4.73. The smallest absolute Gasteiger partial charge is 0.337 e. The zero-order valence-corrected chi connectivity index (χ0v) is 11.1. The number of rotatable bonds is 3. The molecule has 6 heteroatoms. The van der Waals surface area contributed by atoms with Crippen molar-refractivity contribution in [2.45, 2.75) is 18.9 Å². The fourth-order valence-electron chi connectivity index (χ4n) is 1.82. The van der Waals surface area contributed by atoms with Gasteiger partial charge in [-0.15, -0.1) is 0 Å². The molecule has 1 amide bonds. The molecule has 18 heavy (non-hydrogen) atoms. The number of para-hydroxylation sites is 1. The van der Waals surface area contributed by atoms with Crippen LogP contribution in [0.3, 0.4) is 0 Å². The van der Waals surface area contributed by atoms with E-state index in [1.165, 1.54) is 6.07 Å². The van der Waals surface area contributed by atoms with Crippen LogP contribution in [0.1, 0.15) is 23.2 Å². The van der Waals surface area contributed by atoms with Gasteiger partial charge in [0.15, 0.2) is 0 Å². The summed E-state index contributed by atoms with van der Waals surface area (Å²) >= 11 is 3.23. The molecular weight excluding hydrogens is 302 g/mol. The Morgan fingerprint density at radius 1 is 1.44 bits per heavy atom. The molecule has 1 heterocycles. The minimum Gasteiger partial charge on any atom is -0.478 e. The van der Waals surface area contributed by atoms with Crippen LogP contribution in [-0.2, 0) is 9.53 Å². The highest BCUT2D eigenvalue weighted by Crippen LogP contribution is 2.27. The molecule has 1 fully saturated rings. The molecule has 1 saturated heterocycles. The van der Waals surface area contributed by atoms with Gasteiger partial charge in [-0.3, -0.25) is 4.79 Å². The van der Waals surface area contributed by atoms with Crippen LogP contribution in [-0.4, -0.2) is 29.7 Å². The number of ether oxygens (including phenoxy) is 1. The van der Waals surface area contributed by atoms with Crippen LogP contribution in [0.25, 0.3) is 0 Å². The molecule has 0 radical (unpaired) electrons. The van der Waals surface area contributed by atoms with Crippen molar-refractivity contribution in [2.24, 2.45) is 0 Å². The van der Waals surface area contributed by atoms with Crippen LogP contribution in [0.2, 0.25) is 0 Å². The molecule has 1 aliphatic heterocycles. The van der Waals surface area contributed by atoms with Crippen LogP contribution in [0.4, 0.5) is 5.69 Å². The molecule has 0 spiro atoms. The summed E-state index contributed by atoms with van der Waals surface area (Å²) in [5, 5.41) is 11.7. The number of nitrogens with one attached hydrogen (secondary N) is 1. The molecule has 0 bridgehead atoms. The highest BCUT2D eigenvalue weighted by Gasteiger charge is 2.25. The van der Waals surface area contributed by atoms with Gasteiger partial charge < -0.3 is 15.2 Å². The second kappa shape index (κ2) is 5.49. The first-order valence-electron chi connectivity index (χ1n) is 5.54. The zero-order valence-electron chi connectivity index (χ0n) is 9.48. The summed E-state index contributed by atoms with van der Waals surface area (Å²) in [5.74, 6) is -1.39. The zero-order chi connectivity index (χ0) is 13.1. The first-order chi connectivity index (χ1) is 8.59. The normalized spacial score (nSPS) is 18.6. The Morgan fingerprint density at radius 3 is 2.83 bits per heavy atom. The highest BCUT2D eigenvalue weighted by molar-refractivity contribution is 9.10. The van der Waals surface area contributed by atoms with E-state index >= 15 is 0 Å². The van der Waals surface area contributed by atoms with Crippen molar-refractivity contribution < 1.29 is 19.4 Å². The van der Waals surface area contributed by atoms with Crippen molar-refractivity contribution in [3.05, 3.63) is 28.2 Å². The Kier molecular flexibility index (Phi) is 3.98. The lowest BCUT2D eigenvalue weighted by molar-refractivity contribution is -0.124. The van der Waals surface area contributed by atoms with Crippen LogP contribution in [0.5, 0.6) is 0 Å². The van der Waals surface area contributed by atoms with E-state index < -0.39 is 12.1 Å². The predicted octanol–water partition coefficient (Wildman–Crippen LogP) is 2.26. The number of halogens is 1. The third kappa shape index (κ3) is 2.70. The van der Waals surface area contributed by atoms with Crippen molar-refractivity contribution in [1.29, 1.82) is 0 Å². The number of hydrogen-bond donors (Lipinski definition) is 2. The minimum absolute atomic E-state index is 0.0516. The van der Waals surface area contributed by atoms with Gasteiger partial charge in [-0.2, -0.15) is 0 Å². The molecule has 0 unspecified atom stereocenters. The van der Waals surface area contributed by atoms with Gasteiger partial charge in [0.05, 0.1) is 11.3 Å². The molecule has 5 nitrogen and oxygen atoms in total. The van der Waals surface area contributed by atoms with Crippen molar-refractivity contribution >= 4 is 33.5 Å². The van der Waals surface area contributed by atoms with Gasteiger partial charge in [0.2, 0.25) is 0 Å². The standard InChI is InChI=1S/C12H12BrNO4/c13-8-4-1-3-7(12(16)17)10(8)14-11(15)9-5-2-6-18-9/h1,3-4,9H,2,5-6H2,(H,14,15)(H,16,17)/t9-/m1/s1. The lowest BCUT2D eigenvalue weighted by Gasteiger charge is -2.13. The SMILES string of the molecule is O=C(O)c1cccc(Br)c1NC(=O)[C@H]1CCCO1. The number of carboxylic acid groups (broad SMARTS) is 1. The Hall–Kier alpha value is -1.40. The summed E-state index contributed by atoms with van der Waals surface area (Å²) in [6.45, 7) is 0.569. The Bertz CT molecular complexity index is 483. The first-order valence-corrected chi connectivity index (χ1v) is 6.33. The average molecular weight is 314 g/mol. The largest absolute Gasteiger partial charge is 0.478 e. The third-order valence-corrected chi connectivity index (χ3v) is 3.38. The fraction of sp³-hybridized carbons (Fsp3) is 0.333. The molecule has 0 aliphatic carbocycles. The summed E-state index contributed by atoms with van der Waals surface area (Å²) in [7, 11) is 0. The van der Waals surface area contributed by atoms with E-state index in [0.717, 1.165) is 6.42 Å². The van der Waals surface area contributed by atoms with Gasteiger partial charge in [0.25, 0.3) is 5.91 Å². The molecule has 2 N–H and O–H groups in total. The average Bonchev–Trinajstić information content (AvgIpc) is 2.85. The number of benzene rings is 1.